The van der Waals surface area contributed by atoms with Crippen LogP contribution in [0.1, 0.15) is 25.7 Å². The van der Waals surface area contributed by atoms with Gasteiger partial charge in [0.1, 0.15) is 0 Å². The first-order valence-corrected chi connectivity index (χ1v) is 13.0. The molecule has 30 heavy (non-hydrogen) atoms. The Balaban J connectivity index is 1.78. The average Bonchev–Trinajstić information content (AvgIpc) is 2.92. The van der Waals surface area contributed by atoms with Crippen LogP contribution in [0.3, 0.4) is 0 Å². The average molecular weight is 447 g/mol. The van der Waals surface area contributed by atoms with Gasteiger partial charge in [-0.25, -0.2) is 16.8 Å². The molecule has 0 bridgehead atoms. The molecule has 8 heteroatoms. The van der Waals surface area contributed by atoms with Gasteiger partial charge in [-0.15, -0.1) is 0 Å². The Morgan fingerprint density at radius 1 is 0.667 bits per heavy atom. The Hall–Kier alpha value is -2.00. The highest BCUT2D eigenvalue weighted by molar-refractivity contribution is 7.89. The minimum atomic E-state index is -3.77. The zero-order valence-corrected chi connectivity index (χ0v) is 18.4. The fourth-order valence-electron chi connectivity index (χ4n) is 4.47. The van der Waals surface area contributed by atoms with Gasteiger partial charge in [-0.2, -0.15) is 8.61 Å². The summed E-state index contributed by atoms with van der Waals surface area (Å²) in [6.07, 6.45) is 3.00. The molecule has 2 fully saturated rings. The molecule has 1 saturated carbocycles. The zero-order valence-electron chi connectivity index (χ0n) is 16.7. The van der Waals surface area contributed by atoms with Gasteiger partial charge in [0.25, 0.3) is 0 Å². The molecule has 1 saturated heterocycles. The van der Waals surface area contributed by atoms with Crippen molar-refractivity contribution in [3.05, 3.63) is 72.8 Å². The van der Waals surface area contributed by atoms with Crippen LogP contribution in [0.2, 0.25) is 0 Å². The van der Waals surface area contributed by atoms with Crippen molar-refractivity contribution < 1.29 is 16.8 Å². The molecule has 1 aliphatic carbocycles. The Morgan fingerprint density at radius 3 is 1.40 bits per heavy atom. The van der Waals surface area contributed by atoms with E-state index < -0.39 is 32.1 Å². The normalized spacial score (nSPS) is 24.2. The Labute approximate surface area is 178 Å². The van der Waals surface area contributed by atoms with Crippen LogP contribution in [0.25, 0.3) is 0 Å². The maximum atomic E-state index is 13.5. The summed E-state index contributed by atoms with van der Waals surface area (Å²) in [4.78, 5) is 0.447. The largest absolute Gasteiger partial charge is 0.243 e. The molecule has 4 rings (SSSR count). The smallest absolute Gasteiger partial charge is 0.207 e. The number of sulfonamides is 2. The lowest BCUT2D eigenvalue weighted by molar-refractivity contribution is 0.174. The Bertz CT molecular complexity index is 1030. The molecule has 2 atom stereocenters. The van der Waals surface area contributed by atoms with Gasteiger partial charge in [0, 0.05) is 25.2 Å². The standard InChI is InChI=1S/C22H26N2O4S2/c1-18-16-23(29(25,26)19-10-4-2-5-11-19)21-14-8-9-15-22(21)24(17-18)30(27,28)20-12-6-3-7-13-20/h2-7,10-13,21-22H,1,8-9,14-17H2/t21-,22-/m1/s1. The van der Waals surface area contributed by atoms with Crippen LogP contribution < -0.4 is 0 Å². The van der Waals surface area contributed by atoms with Gasteiger partial charge >= 0.3 is 0 Å². The van der Waals surface area contributed by atoms with Crippen molar-refractivity contribution in [2.75, 3.05) is 13.1 Å². The molecule has 1 aliphatic heterocycles. The van der Waals surface area contributed by atoms with Crippen LogP contribution in [-0.2, 0) is 20.0 Å². The van der Waals surface area contributed by atoms with E-state index in [0.717, 1.165) is 12.8 Å². The van der Waals surface area contributed by atoms with Crippen LogP contribution >= 0.6 is 0 Å². The first kappa shape index (κ1) is 21.2. The van der Waals surface area contributed by atoms with Crippen molar-refractivity contribution >= 4 is 20.0 Å². The third kappa shape index (κ3) is 3.85. The number of benzene rings is 2. The summed E-state index contributed by atoms with van der Waals surface area (Å²) >= 11 is 0. The van der Waals surface area contributed by atoms with E-state index in [9.17, 15) is 16.8 Å². The quantitative estimate of drug-likeness (QED) is 0.676. The van der Waals surface area contributed by atoms with E-state index in [2.05, 4.69) is 6.58 Å². The Morgan fingerprint density at radius 2 is 1.03 bits per heavy atom. The predicted octanol–water partition coefficient (Wildman–Crippen LogP) is 3.25. The van der Waals surface area contributed by atoms with Crippen molar-refractivity contribution in [1.82, 2.24) is 8.61 Å². The zero-order chi connectivity index (χ0) is 21.4. The van der Waals surface area contributed by atoms with Crippen molar-refractivity contribution in [2.45, 2.75) is 47.6 Å². The minimum absolute atomic E-state index is 0.124. The van der Waals surface area contributed by atoms with E-state index >= 15 is 0 Å². The van der Waals surface area contributed by atoms with Crippen LogP contribution in [-0.4, -0.2) is 50.6 Å². The van der Waals surface area contributed by atoms with E-state index in [-0.39, 0.29) is 22.9 Å². The molecule has 2 aromatic rings. The molecule has 2 aliphatic rings. The van der Waals surface area contributed by atoms with Gasteiger partial charge in [0.2, 0.25) is 20.0 Å². The van der Waals surface area contributed by atoms with E-state index in [0.29, 0.717) is 18.4 Å². The fourth-order valence-corrected chi connectivity index (χ4v) is 7.92. The number of nitrogens with zero attached hydrogens (tertiary/aromatic N) is 2. The summed E-state index contributed by atoms with van der Waals surface area (Å²) in [5, 5.41) is 0. The molecule has 1 heterocycles. The summed E-state index contributed by atoms with van der Waals surface area (Å²) in [5.41, 5.74) is 0.573. The second kappa shape index (κ2) is 8.26. The lowest BCUT2D eigenvalue weighted by atomic mass is 9.90. The molecule has 2 aromatic carbocycles. The highest BCUT2D eigenvalue weighted by Gasteiger charge is 2.46. The molecule has 160 valence electrons. The SMILES string of the molecule is C=C1CN(S(=O)(=O)c2ccccc2)[C@@H]2CCCC[C@H]2N(S(=O)(=O)c2ccccc2)C1. The second-order valence-corrected chi connectivity index (χ2v) is 11.7. The lowest BCUT2D eigenvalue weighted by Gasteiger charge is -2.40. The van der Waals surface area contributed by atoms with E-state index in [4.69, 9.17) is 0 Å². The highest BCUT2D eigenvalue weighted by Crippen LogP contribution is 2.36. The molecule has 0 unspecified atom stereocenters. The summed E-state index contributed by atoms with van der Waals surface area (Å²) in [6, 6.07) is 15.8. The van der Waals surface area contributed by atoms with Crippen LogP contribution in [0, 0.1) is 0 Å². The second-order valence-electron chi connectivity index (χ2n) is 7.90. The van der Waals surface area contributed by atoms with Crippen LogP contribution in [0.15, 0.2) is 82.6 Å². The highest BCUT2D eigenvalue weighted by atomic mass is 32.2. The third-order valence-electron chi connectivity index (χ3n) is 5.89. The number of rotatable bonds is 4. The van der Waals surface area contributed by atoms with Gasteiger partial charge < -0.3 is 0 Å². The first-order chi connectivity index (χ1) is 14.3. The molecule has 0 N–H and O–H groups in total. The molecule has 0 amide bonds. The minimum Gasteiger partial charge on any atom is -0.207 e. The van der Waals surface area contributed by atoms with Crippen molar-refractivity contribution in [3.8, 4) is 0 Å². The summed E-state index contributed by atoms with van der Waals surface area (Å²) in [5.74, 6) is 0. The van der Waals surface area contributed by atoms with Gasteiger partial charge in [0.05, 0.1) is 9.79 Å². The summed E-state index contributed by atoms with van der Waals surface area (Å²) in [6.45, 7) is 4.28. The van der Waals surface area contributed by atoms with Crippen molar-refractivity contribution in [3.63, 3.8) is 0 Å². The molecule has 0 radical (unpaired) electrons. The van der Waals surface area contributed by atoms with E-state index in [1.165, 1.54) is 8.61 Å². The van der Waals surface area contributed by atoms with Gasteiger partial charge in [0.15, 0.2) is 0 Å². The monoisotopic (exact) mass is 446 g/mol. The topological polar surface area (TPSA) is 74.8 Å². The number of hydrogen-bond acceptors (Lipinski definition) is 4. The molecule has 0 spiro atoms. The lowest BCUT2D eigenvalue weighted by Crippen LogP contribution is -2.54. The first-order valence-electron chi connectivity index (χ1n) is 10.1. The van der Waals surface area contributed by atoms with Gasteiger partial charge in [-0.3, -0.25) is 0 Å². The maximum absolute atomic E-state index is 13.5. The third-order valence-corrected chi connectivity index (χ3v) is 9.66. The predicted molar refractivity (Wildman–Crippen MR) is 116 cm³/mol. The summed E-state index contributed by atoms with van der Waals surface area (Å²) in [7, 11) is -7.54. The van der Waals surface area contributed by atoms with Crippen molar-refractivity contribution in [2.24, 2.45) is 0 Å². The summed E-state index contributed by atoms with van der Waals surface area (Å²) < 4.78 is 56.9. The maximum Gasteiger partial charge on any atom is 0.243 e. The number of fused-ring (bicyclic) bond motifs is 1. The molecular weight excluding hydrogens is 420 g/mol. The van der Waals surface area contributed by atoms with Gasteiger partial charge in [-0.1, -0.05) is 55.8 Å². The van der Waals surface area contributed by atoms with Crippen LogP contribution in [0.4, 0.5) is 0 Å². The fraction of sp³-hybridized carbons (Fsp3) is 0.364. The van der Waals surface area contributed by atoms with Crippen LogP contribution in [0.5, 0.6) is 0 Å². The van der Waals surface area contributed by atoms with Gasteiger partial charge in [-0.05, 0) is 42.7 Å². The van der Waals surface area contributed by atoms with E-state index in [1.54, 1.807) is 60.7 Å². The van der Waals surface area contributed by atoms with Crippen molar-refractivity contribution in [1.29, 1.82) is 0 Å². The van der Waals surface area contributed by atoms with E-state index in [1.807, 2.05) is 0 Å². The molecule has 6 nitrogen and oxygen atoms in total. The molecule has 0 aromatic heterocycles. The molecular formula is C22H26N2O4S2. The Kier molecular flexibility index (Phi) is 5.85. The number of hydrogen-bond donors (Lipinski definition) is 0.